The number of urea groups is 1. The third-order valence-electron chi connectivity index (χ3n) is 5.67. The second-order valence-electron chi connectivity index (χ2n) is 7.65. The summed E-state index contributed by atoms with van der Waals surface area (Å²) < 4.78 is 5.46. The van der Waals surface area contributed by atoms with Crippen LogP contribution in [0.5, 0.6) is 5.75 Å². The van der Waals surface area contributed by atoms with Crippen LogP contribution in [0.3, 0.4) is 0 Å². The Morgan fingerprint density at radius 2 is 2.00 bits per heavy atom. The van der Waals surface area contributed by atoms with Gasteiger partial charge in [0.1, 0.15) is 17.8 Å². The molecule has 142 valence electrons. The molecule has 1 aliphatic carbocycles. The Bertz CT molecular complexity index is 661. The number of nitrogens with one attached hydrogen (secondary N) is 2. The van der Waals surface area contributed by atoms with Crippen LogP contribution in [0.25, 0.3) is 0 Å². The maximum Gasteiger partial charge on any atom is 0.329 e. The Morgan fingerprint density at radius 1 is 1.27 bits per heavy atom. The summed E-state index contributed by atoms with van der Waals surface area (Å²) in [6, 6.07) is 7.74. The molecule has 1 aliphatic heterocycles. The maximum atomic E-state index is 13.0. The molecule has 1 heterocycles. The molecule has 2 aliphatic rings. The molecule has 1 aromatic rings. The van der Waals surface area contributed by atoms with Crippen molar-refractivity contribution in [2.75, 3.05) is 20.3 Å². The zero-order valence-corrected chi connectivity index (χ0v) is 16.0. The Labute approximate surface area is 155 Å². The molecule has 0 aromatic heterocycles. The molecule has 6 nitrogen and oxygen atoms in total. The smallest absolute Gasteiger partial charge is 0.329 e. The van der Waals surface area contributed by atoms with Gasteiger partial charge in [0.25, 0.3) is 5.91 Å². The fourth-order valence-corrected chi connectivity index (χ4v) is 4.18. The van der Waals surface area contributed by atoms with E-state index < -0.39 is 5.54 Å². The molecule has 1 saturated carbocycles. The number of nitrogens with zero attached hydrogens (tertiary/aromatic N) is 1. The lowest BCUT2D eigenvalue weighted by atomic mass is 9.73. The van der Waals surface area contributed by atoms with Gasteiger partial charge in [0.2, 0.25) is 0 Å². The summed E-state index contributed by atoms with van der Waals surface area (Å²) in [6.45, 7) is 5.82. The summed E-state index contributed by atoms with van der Waals surface area (Å²) in [7, 11) is 2.01. The summed E-state index contributed by atoms with van der Waals surface area (Å²) in [4.78, 5) is 28.0. The predicted octanol–water partition coefficient (Wildman–Crippen LogP) is 1.56. The summed E-state index contributed by atoms with van der Waals surface area (Å²) in [5.41, 5.74) is 0.480. The predicted molar refractivity (Wildman–Crippen MR) is 98.8 cm³/mol. The number of imide groups is 1. The average molecular weight is 360 g/mol. The molecule has 0 radical (unpaired) electrons. The molecule has 3 atom stereocenters. The van der Waals surface area contributed by atoms with Crippen LogP contribution in [-0.2, 0) is 11.3 Å². The van der Waals surface area contributed by atoms with Gasteiger partial charge in [-0.2, -0.15) is 0 Å². The highest BCUT2D eigenvalue weighted by Gasteiger charge is 2.55. The first-order valence-corrected chi connectivity index (χ1v) is 9.63. The molecule has 1 unspecified atom stereocenters. The van der Waals surface area contributed by atoms with Crippen molar-refractivity contribution in [3.8, 4) is 5.75 Å². The summed E-state index contributed by atoms with van der Waals surface area (Å²) in [6.07, 6.45) is 3.88. The fourth-order valence-electron chi connectivity index (χ4n) is 4.18. The molecular formula is C20H30N3O3+. The first-order chi connectivity index (χ1) is 12.5. The van der Waals surface area contributed by atoms with Gasteiger partial charge < -0.3 is 15.0 Å². The zero-order valence-electron chi connectivity index (χ0n) is 16.0. The standard InChI is InChI=1S/C20H29N3O3/c1-4-26-17-10-8-16(9-11-17)13-22(3)14-23-18(24)20(21-19(23)25)12-6-5-7-15(20)2/h8-11,15H,4-7,12-14H2,1-3H3,(H,21,25)/p+1/t15-,20-/m0/s1. The number of rotatable bonds is 6. The van der Waals surface area contributed by atoms with Crippen LogP contribution in [0.4, 0.5) is 4.79 Å². The van der Waals surface area contributed by atoms with Crippen LogP contribution < -0.4 is 15.0 Å². The lowest BCUT2D eigenvalue weighted by Gasteiger charge is -2.36. The van der Waals surface area contributed by atoms with Crippen LogP contribution in [0.15, 0.2) is 24.3 Å². The highest BCUT2D eigenvalue weighted by atomic mass is 16.5. The minimum atomic E-state index is -0.672. The highest BCUT2D eigenvalue weighted by molar-refractivity contribution is 6.07. The van der Waals surface area contributed by atoms with Crippen LogP contribution in [-0.4, -0.2) is 42.7 Å². The van der Waals surface area contributed by atoms with Crippen LogP contribution in [0.1, 0.15) is 45.1 Å². The summed E-state index contributed by atoms with van der Waals surface area (Å²) in [5.74, 6) is 1.01. The number of quaternary nitrogens is 1. The molecule has 3 rings (SSSR count). The van der Waals surface area contributed by atoms with Gasteiger partial charge in [-0.1, -0.05) is 19.8 Å². The fraction of sp³-hybridized carbons (Fsp3) is 0.600. The van der Waals surface area contributed by atoms with E-state index in [1.165, 1.54) is 4.90 Å². The van der Waals surface area contributed by atoms with Gasteiger partial charge in [0, 0.05) is 5.56 Å². The van der Waals surface area contributed by atoms with Crippen molar-refractivity contribution >= 4 is 11.9 Å². The van der Waals surface area contributed by atoms with Gasteiger partial charge in [0.15, 0.2) is 6.67 Å². The van der Waals surface area contributed by atoms with Gasteiger partial charge in [-0.25, -0.2) is 9.69 Å². The van der Waals surface area contributed by atoms with E-state index >= 15 is 0 Å². The van der Waals surface area contributed by atoms with Crippen LogP contribution in [0.2, 0.25) is 0 Å². The zero-order chi connectivity index (χ0) is 18.7. The minimum Gasteiger partial charge on any atom is -0.494 e. The Morgan fingerprint density at radius 3 is 2.65 bits per heavy atom. The maximum absolute atomic E-state index is 13.0. The number of benzene rings is 1. The molecule has 2 fully saturated rings. The first-order valence-electron chi connectivity index (χ1n) is 9.63. The van der Waals surface area contributed by atoms with Crippen LogP contribution in [0, 0.1) is 5.92 Å². The number of amides is 3. The molecular weight excluding hydrogens is 330 g/mol. The van der Waals surface area contributed by atoms with E-state index in [0.717, 1.165) is 48.4 Å². The first kappa shape index (κ1) is 18.7. The van der Waals surface area contributed by atoms with E-state index in [-0.39, 0.29) is 17.9 Å². The molecule has 3 amide bonds. The van der Waals surface area contributed by atoms with Crippen molar-refractivity contribution in [2.45, 2.75) is 51.6 Å². The highest BCUT2D eigenvalue weighted by Crippen LogP contribution is 2.37. The second kappa shape index (κ2) is 7.66. The van der Waals surface area contributed by atoms with E-state index in [1.54, 1.807) is 0 Å². The monoisotopic (exact) mass is 360 g/mol. The van der Waals surface area contributed by atoms with Crippen molar-refractivity contribution in [3.63, 3.8) is 0 Å². The van der Waals surface area contributed by atoms with Gasteiger partial charge in [-0.3, -0.25) is 4.79 Å². The van der Waals surface area contributed by atoms with Crippen molar-refractivity contribution in [2.24, 2.45) is 5.92 Å². The summed E-state index contributed by atoms with van der Waals surface area (Å²) >= 11 is 0. The Balaban J connectivity index is 1.62. The summed E-state index contributed by atoms with van der Waals surface area (Å²) in [5, 5.41) is 3.02. The van der Waals surface area contributed by atoms with Crippen molar-refractivity contribution in [1.82, 2.24) is 10.2 Å². The lowest BCUT2D eigenvalue weighted by Crippen LogP contribution is -3.09. The van der Waals surface area contributed by atoms with Gasteiger partial charge >= 0.3 is 6.03 Å². The van der Waals surface area contributed by atoms with Gasteiger partial charge in [0.05, 0.1) is 13.7 Å². The van der Waals surface area contributed by atoms with Crippen molar-refractivity contribution < 1.29 is 19.2 Å². The average Bonchev–Trinajstić information content (AvgIpc) is 2.85. The minimum absolute atomic E-state index is 0.0410. The Kier molecular flexibility index (Phi) is 5.51. The van der Waals surface area contributed by atoms with Gasteiger partial charge in [-0.05, 0) is 49.9 Å². The molecule has 1 spiro atoms. The van der Waals surface area contributed by atoms with Crippen LogP contribution >= 0.6 is 0 Å². The van der Waals surface area contributed by atoms with E-state index in [9.17, 15) is 9.59 Å². The van der Waals surface area contributed by atoms with E-state index in [2.05, 4.69) is 12.2 Å². The Hall–Kier alpha value is -2.08. The van der Waals surface area contributed by atoms with Gasteiger partial charge in [-0.15, -0.1) is 0 Å². The normalized spacial score (nSPS) is 26.9. The number of hydrogen-bond acceptors (Lipinski definition) is 3. The third kappa shape index (κ3) is 3.56. The lowest BCUT2D eigenvalue weighted by molar-refractivity contribution is -0.901. The topological polar surface area (TPSA) is 63.1 Å². The molecule has 2 N–H and O–H groups in total. The molecule has 1 saturated heterocycles. The SMILES string of the molecule is CCOc1ccc(C[NH+](C)CN2C(=O)N[C@]3(CCCC[C@@H]3C)C2=O)cc1. The van der Waals surface area contributed by atoms with E-state index in [1.807, 2.05) is 38.2 Å². The third-order valence-corrected chi connectivity index (χ3v) is 5.67. The van der Waals surface area contributed by atoms with E-state index in [0.29, 0.717) is 13.3 Å². The molecule has 6 heteroatoms. The molecule has 26 heavy (non-hydrogen) atoms. The number of ether oxygens (including phenoxy) is 1. The van der Waals surface area contributed by atoms with Crippen molar-refractivity contribution in [1.29, 1.82) is 0 Å². The second-order valence-corrected chi connectivity index (χ2v) is 7.65. The van der Waals surface area contributed by atoms with E-state index in [4.69, 9.17) is 4.74 Å². The van der Waals surface area contributed by atoms with Crippen molar-refractivity contribution in [3.05, 3.63) is 29.8 Å². The number of carbonyl (C=O) groups excluding carboxylic acids is 2. The molecule has 1 aromatic carbocycles. The quantitative estimate of drug-likeness (QED) is 0.757. The molecule has 0 bridgehead atoms. The number of hydrogen-bond donors (Lipinski definition) is 2. The number of carbonyl (C=O) groups is 2. The largest absolute Gasteiger partial charge is 0.494 e.